The topological polar surface area (TPSA) is 83.6 Å². The van der Waals surface area contributed by atoms with Crippen molar-refractivity contribution in [3.05, 3.63) is 59.2 Å². The van der Waals surface area contributed by atoms with Crippen molar-refractivity contribution in [2.24, 2.45) is 10.3 Å². The summed E-state index contributed by atoms with van der Waals surface area (Å²) in [5, 5.41) is 25.9. The number of aliphatic hydroxyl groups is 2. The van der Waals surface area contributed by atoms with Crippen LogP contribution >= 0.6 is 0 Å². The van der Waals surface area contributed by atoms with E-state index in [1.54, 1.807) is 12.1 Å². The van der Waals surface area contributed by atoms with Crippen LogP contribution in [0.3, 0.4) is 0 Å². The summed E-state index contributed by atoms with van der Waals surface area (Å²) in [6.07, 6.45) is -0.0689. The highest BCUT2D eigenvalue weighted by Crippen LogP contribution is 2.29. The molecule has 0 spiro atoms. The number of benzene rings is 2. The molecule has 2 aliphatic rings. The third kappa shape index (κ3) is 3.48. The fourth-order valence-corrected chi connectivity index (χ4v) is 3.22. The van der Waals surface area contributed by atoms with Gasteiger partial charge in [0.1, 0.15) is 11.6 Å². The number of hydrogen-bond acceptors (Lipinski definition) is 6. The SMILES string of the molecule is OCC1CC(c2ccc(-c3ccc(C4=NOC(CO)C4)cc3F)c(F)c2)=NO1. The lowest BCUT2D eigenvalue weighted by Gasteiger charge is -2.09. The van der Waals surface area contributed by atoms with Crippen LogP contribution in [0.25, 0.3) is 11.1 Å². The van der Waals surface area contributed by atoms with E-state index in [9.17, 15) is 8.78 Å². The van der Waals surface area contributed by atoms with Gasteiger partial charge in [-0.3, -0.25) is 0 Å². The van der Waals surface area contributed by atoms with E-state index in [-0.39, 0.29) is 24.3 Å². The minimum Gasteiger partial charge on any atom is -0.392 e. The highest BCUT2D eigenvalue weighted by molar-refractivity contribution is 6.02. The second-order valence-corrected chi connectivity index (χ2v) is 6.69. The predicted octanol–water partition coefficient (Wildman–Crippen LogP) is 2.60. The molecule has 0 saturated heterocycles. The van der Waals surface area contributed by atoms with Gasteiger partial charge in [-0.25, -0.2) is 8.78 Å². The van der Waals surface area contributed by atoms with Gasteiger partial charge >= 0.3 is 0 Å². The van der Waals surface area contributed by atoms with Crippen LogP contribution < -0.4 is 0 Å². The van der Waals surface area contributed by atoms with Gasteiger partial charge in [0.15, 0.2) is 12.2 Å². The highest BCUT2D eigenvalue weighted by Gasteiger charge is 2.24. The first-order valence-corrected chi connectivity index (χ1v) is 8.86. The van der Waals surface area contributed by atoms with Gasteiger partial charge in [0.2, 0.25) is 0 Å². The van der Waals surface area contributed by atoms with Crippen molar-refractivity contribution in [3.8, 4) is 11.1 Å². The molecular formula is C20H18F2N2O4. The first-order chi connectivity index (χ1) is 13.6. The lowest BCUT2D eigenvalue weighted by molar-refractivity contribution is 0.0390. The second kappa shape index (κ2) is 7.65. The maximum absolute atomic E-state index is 14.7. The summed E-state index contributed by atoms with van der Waals surface area (Å²) >= 11 is 0. The molecule has 0 bridgehead atoms. The largest absolute Gasteiger partial charge is 0.392 e. The Balaban J connectivity index is 1.58. The molecule has 6 nitrogen and oxygen atoms in total. The molecule has 2 N–H and O–H groups in total. The van der Waals surface area contributed by atoms with Crippen LogP contribution in [0, 0.1) is 11.6 Å². The lowest BCUT2D eigenvalue weighted by atomic mass is 9.97. The summed E-state index contributed by atoms with van der Waals surface area (Å²) in [6, 6.07) is 8.85. The van der Waals surface area contributed by atoms with E-state index in [0.29, 0.717) is 35.4 Å². The third-order valence-electron chi connectivity index (χ3n) is 4.77. The molecule has 0 amide bonds. The molecule has 2 aromatic rings. The summed E-state index contributed by atoms with van der Waals surface area (Å²) < 4.78 is 29.3. The molecule has 8 heteroatoms. The van der Waals surface area contributed by atoms with Gasteiger partial charge < -0.3 is 19.9 Å². The molecule has 2 atom stereocenters. The second-order valence-electron chi connectivity index (χ2n) is 6.69. The fourth-order valence-electron chi connectivity index (χ4n) is 3.22. The van der Waals surface area contributed by atoms with Crippen LogP contribution in [0.2, 0.25) is 0 Å². The number of rotatable bonds is 5. The monoisotopic (exact) mass is 388 g/mol. The van der Waals surface area contributed by atoms with Crippen molar-refractivity contribution in [3.63, 3.8) is 0 Å². The summed E-state index contributed by atoms with van der Waals surface area (Å²) in [4.78, 5) is 10.1. The molecule has 146 valence electrons. The molecule has 2 aliphatic heterocycles. The number of nitrogens with zero attached hydrogens (tertiary/aromatic N) is 2. The molecule has 0 fully saturated rings. The van der Waals surface area contributed by atoms with E-state index < -0.39 is 23.8 Å². The molecule has 0 saturated carbocycles. The first kappa shape index (κ1) is 18.5. The number of aliphatic hydroxyl groups excluding tert-OH is 2. The van der Waals surface area contributed by atoms with Crippen molar-refractivity contribution in [2.75, 3.05) is 13.2 Å². The van der Waals surface area contributed by atoms with E-state index in [2.05, 4.69) is 10.3 Å². The van der Waals surface area contributed by atoms with E-state index in [1.165, 1.54) is 24.3 Å². The Morgan fingerprint density at radius 3 is 1.54 bits per heavy atom. The van der Waals surface area contributed by atoms with Crippen LogP contribution in [0.4, 0.5) is 8.78 Å². The van der Waals surface area contributed by atoms with Gasteiger partial charge in [-0.2, -0.15) is 0 Å². The molecule has 2 unspecified atom stereocenters. The molecule has 2 heterocycles. The number of hydrogen-bond donors (Lipinski definition) is 2. The third-order valence-corrected chi connectivity index (χ3v) is 4.77. The van der Waals surface area contributed by atoms with Crippen LogP contribution in [0.1, 0.15) is 24.0 Å². The number of oxime groups is 2. The van der Waals surface area contributed by atoms with Gasteiger partial charge in [-0.05, 0) is 12.1 Å². The first-order valence-electron chi connectivity index (χ1n) is 8.86. The Morgan fingerprint density at radius 2 is 1.21 bits per heavy atom. The smallest absolute Gasteiger partial charge is 0.156 e. The van der Waals surface area contributed by atoms with Crippen molar-refractivity contribution < 1.29 is 28.7 Å². The van der Waals surface area contributed by atoms with Gasteiger partial charge in [0.05, 0.1) is 24.6 Å². The minimum absolute atomic E-state index is 0.129. The average molecular weight is 388 g/mol. The molecule has 28 heavy (non-hydrogen) atoms. The van der Waals surface area contributed by atoms with Crippen molar-refractivity contribution >= 4 is 11.4 Å². The fraction of sp³-hybridized carbons (Fsp3) is 0.300. The molecule has 2 aromatic carbocycles. The maximum Gasteiger partial charge on any atom is 0.156 e. The van der Waals surface area contributed by atoms with Gasteiger partial charge in [0, 0.05) is 35.1 Å². The number of halogens is 2. The Kier molecular flexibility index (Phi) is 5.06. The zero-order chi connectivity index (χ0) is 19.7. The summed E-state index contributed by atoms with van der Waals surface area (Å²) in [5.41, 5.74) is 2.40. The quantitative estimate of drug-likeness (QED) is 0.825. The van der Waals surface area contributed by atoms with Gasteiger partial charge in [-0.1, -0.05) is 34.6 Å². The molecule has 0 aromatic heterocycles. The zero-order valence-electron chi connectivity index (χ0n) is 14.8. The van der Waals surface area contributed by atoms with E-state index >= 15 is 0 Å². The zero-order valence-corrected chi connectivity index (χ0v) is 14.8. The van der Waals surface area contributed by atoms with Gasteiger partial charge in [0.25, 0.3) is 0 Å². The van der Waals surface area contributed by atoms with Crippen molar-refractivity contribution in [1.82, 2.24) is 0 Å². The van der Waals surface area contributed by atoms with Crippen LogP contribution in [-0.2, 0) is 9.68 Å². The van der Waals surface area contributed by atoms with Gasteiger partial charge in [-0.15, -0.1) is 0 Å². The molecule has 0 radical (unpaired) electrons. The van der Waals surface area contributed by atoms with E-state index in [0.717, 1.165) is 0 Å². The van der Waals surface area contributed by atoms with Crippen LogP contribution in [-0.4, -0.2) is 47.1 Å². The standard InChI is InChI=1S/C20H18F2N2O4/c21-17-5-11(19-7-13(9-25)27-23-19)1-3-15(17)16-4-2-12(6-18(16)22)20-8-14(10-26)28-24-20/h1-6,13-14,25-26H,7-10H2. The maximum atomic E-state index is 14.7. The highest BCUT2D eigenvalue weighted by atomic mass is 19.1. The summed E-state index contributed by atoms with van der Waals surface area (Å²) in [5.74, 6) is -1.16. The lowest BCUT2D eigenvalue weighted by Crippen LogP contribution is -2.13. The normalized spacial score (nSPS) is 21.1. The van der Waals surface area contributed by atoms with E-state index in [1.807, 2.05) is 0 Å². The Hall–Kier alpha value is -2.84. The summed E-state index contributed by atoms with van der Waals surface area (Å²) in [7, 11) is 0. The Bertz CT molecular complexity index is 884. The molecular weight excluding hydrogens is 370 g/mol. The minimum atomic E-state index is -0.582. The average Bonchev–Trinajstić information content (AvgIpc) is 3.38. The van der Waals surface area contributed by atoms with Crippen molar-refractivity contribution in [1.29, 1.82) is 0 Å². The van der Waals surface area contributed by atoms with Crippen molar-refractivity contribution in [2.45, 2.75) is 25.0 Å². The Labute approximate surface area is 159 Å². The Morgan fingerprint density at radius 1 is 0.786 bits per heavy atom. The van der Waals surface area contributed by atoms with Crippen LogP contribution in [0.15, 0.2) is 46.7 Å². The predicted molar refractivity (Wildman–Crippen MR) is 98.0 cm³/mol. The summed E-state index contributed by atoms with van der Waals surface area (Å²) in [6.45, 7) is -0.332. The molecule has 0 aliphatic carbocycles. The molecule has 4 rings (SSSR count). The van der Waals surface area contributed by atoms with E-state index in [4.69, 9.17) is 19.9 Å². The van der Waals surface area contributed by atoms with Crippen LogP contribution in [0.5, 0.6) is 0 Å².